The lowest BCUT2D eigenvalue weighted by atomic mass is 9.93. The Labute approximate surface area is 161 Å². The van der Waals surface area contributed by atoms with Gasteiger partial charge in [-0.05, 0) is 49.4 Å². The number of aromatic nitrogens is 2. The average Bonchev–Trinajstić information content (AvgIpc) is 3.24. The molecule has 3 heterocycles. The van der Waals surface area contributed by atoms with Crippen molar-refractivity contribution in [2.45, 2.75) is 55.8 Å². The predicted octanol–water partition coefficient (Wildman–Crippen LogP) is 2.99. The smallest absolute Gasteiger partial charge is 0.129 e. The molecule has 5 rings (SSSR count). The molecular weight excluding hydrogens is 370 g/mol. The first-order chi connectivity index (χ1) is 13.1. The van der Waals surface area contributed by atoms with Crippen molar-refractivity contribution >= 4 is 11.9 Å². The van der Waals surface area contributed by atoms with E-state index in [9.17, 15) is 8.78 Å². The van der Waals surface area contributed by atoms with Gasteiger partial charge in [0.25, 0.3) is 0 Å². The number of ether oxygens (including phenoxy) is 1. The molecule has 1 saturated heterocycles. The lowest BCUT2D eigenvalue weighted by molar-refractivity contribution is -0.0533. The van der Waals surface area contributed by atoms with Crippen molar-refractivity contribution in [2.24, 2.45) is 5.73 Å². The normalized spacial score (nSPS) is 28.5. The molecular formula is C19H22F2N4OS. The van der Waals surface area contributed by atoms with Crippen LogP contribution < -0.4 is 5.73 Å². The highest BCUT2D eigenvalue weighted by molar-refractivity contribution is 7.98. The fourth-order valence-electron chi connectivity index (χ4n) is 3.97. The van der Waals surface area contributed by atoms with E-state index in [0.29, 0.717) is 18.3 Å². The van der Waals surface area contributed by atoms with Gasteiger partial charge >= 0.3 is 0 Å². The molecule has 1 unspecified atom stereocenters. The fourth-order valence-corrected chi connectivity index (χ4v) is 5.00. The van der Waals surface area contributed by atoms with Crippen LogP contribution in [0.15, 0.2) is 24.4 Å². The molecule has 0 radical (unpaired) electrons. The van der Waals surface area contributed by atoms with E-state index in [1.165, 1.54) is 30.2 Å². The second kappa shape index (κ2) is 6.84. The third kappa shape index (κ3) is 3.40. The van der Waals surface area contributed by atoms with Crippen molar-refractivity contribution in [3.05, 3.63) is 52.9 Å². The van der Waals surface area contributed by atoms with Crippen molar-refractivity contribution in [3.63, 3.8) is 0 Å². The molecule has 0 bridgehead atoms. The second-order valence-corrected chi connectivity index (χ2v) is 8.90. The van der Waals surface area contributed by atoms with Crippen molar-refractivity contribution in [1.29, 1.82) is 0 Å². The zero-order valence-corrected chi connectivity index (χ0v) is 15.7. The Morgan fingerprint density at radius 3 is 2.85 bits per heavy atom. The molecule has 2 aromatic rings. The standard InChI is InChI=1S/C19H22F2N4OS/c20-12-1-4-16(21)15(5-12)19-17(22)6-13(10-26-19)24-8-11-7-23-25(18(11)9-24)27-14-2-3-14/h1,4-5,7,13-14,17,19H,2-3,6,8-10,22H2/t13-,17+,19?/m1/s1. The van der Waals surface area contributed by atoms with E-state index < -0.39 is 17.7 Å². The van der Waals surface area contributed by atoms with Crippen LogP contribution in [-0.4, -0.2) is 38.0 Å². The highest BCUT2D eigenvalue weighted by atomic mass is 32.2. The molecule has 8 heteroatoms. The quantitative estimate of drug-likeness (QED) is 0.867. The summed E-state index contributed by atoms with van der Waals surface area (Å²) < 4.78 is 35.6. The van der Waals surface area contributed by atoms with E-state index in [4.69, 9.17) is 10.5 Å². The van der Waals surface area contributed by atoms with Gasteiger partial charge in [0.2, 0.25) is 0 Å². The van der Waals surface area contributed by atoms with Gasteiger partial charge in [0.1, 0.15) is 17.7 Å². The van der Waals surface area contributed by atoms with E-state index in [1.54, 1.807) is 0 Å². The number of nitrogens with two attached hydrogens (primary N) is 1. The summed E-state index contributed by atoms with van der Waals surface area (Å²) in [7, 11) is 0. The van der Waals surface area contributed by atoms with Crippen molar-refractivity contribution < 1.29 is 13.5 Å². The predicted molar refractivity (Wildman–Crippen MR) is 98.9 cm³/mol. The van der Waals surface area contributed by atoms with E-state index >= 15 is 0 Å². The first-order valence-electron chi connectivity index (χ1n) is 9.37. The van der Waals surface area contributed by atoms with Crippen LogP contribution in [0.5, 0.6) is 0 Å². The lowest BCUT2D eigenvalue weighted by Gasteiger charge is -2.38. The van der Waals surface area contributed by atoms with Crippen LogP contribution in [0.2, 0.25) is 0 Å². The summed E-state index contributed by atoms with van der Waals surface area (Å²) in [6, 6.07) is 3.23. The van der Waals surface area contributed by atoms with Crippen LogP contribution in [0.25, 0.3) is 0 Å². The van der Waals surface area contributed by atoms with Crippen LogP contribution in [0.3, 0.4) is 0 Å². The van der Waals surface area contributed by atoms with E-state index in [-0.39, 0.29) is 17.6 Å². The van der Waals surface area contributed by atoms with Gasteiger partial charge in [0, 0.05) is 41.6 Å². The molecule has 2 fully saturated rings. The summed E-state index contributed by atoms with van der Waals surface area (Å²) in [6.45, 7) is 2.12. The summed E-state index contributed by atoms with van der Waals surface area (Å²) in [6.07, 6.45) is 4.58. The Morgan fingerprint density at radius 1 is 1.22 bits per heavy atom. The van der Waals surface area contributed by atoms with Crippen LogP contribution in [0.4, 0.5) is 8.78 Å². The summed E-state index contributed by atoms with van der Waals surface area (Å²) >= 11 is 1.82. The highest BCUT2D eigenvalue weighted by Crippen LogP contribution is 2.38. The van der Waals surface area contributed by atoms with Crippen molar-refractivity contribution in [2.75, 3.05) is 6.61 Å². The maximum Gasteiger partial charge on any atom is 0.129 e. The Balaban J connectivity index is 1.26. The maximum absolute atomic E-state index is 14.1. The molecule has 0 amide bonds. The monoisotopic (exact) mass is 392 g/mol. The van der Waals surface area contributed by atoms with E-state index in [0.717, 1.165) is 25.2 Å². The number of fused-ring (bicyclic) bond motifs is 1. The largest absolute Gasteiger partial charge is 0.370 e. The van der Waals surface area contributed by atoms with Gasteiger partial charge in [-0.1, -0.05) is 0 Å². The van der Waals surface area contributed by atoms with Crippen LogP contribution in [0.1, 0.15) is 42.2 Å². The summed E-state index contributed by atoms with van der Waals surface area (Å²) in [5.41, 5.74) is 9.04. The lowest BCUT2D eigenvalue weighted by Crippen LogP contribution is -2.47. The minimum absolute atomic E-state index is 0.166. The van der Waals surface area contributed by atoms with Crippen molar-refractivity contribution in [1.82, 2.24) is 14.1 Å². The van der Waals surface area contributed by atoms with Gasteiger partial charge in [-0.3, -0.25) is 4.90 Å². The van der Waals surface area contributed by atoms with E-state index in [2.05, 4.69) is 14.1 Å². The molecule has 3 atom stereocenters. The zero-order chi connectivity index (χ0) is 18.5. The summed E-state index contributed by atoms with van der Waals surface area (Å²) in [4.78, 5) is 2.36. The van der Waals surface area contributed by atoms with Crippen LogP contribution in [0, 0.1) is 11.6 Å². The molecule has 1 aromatic carbocycles. The minimum atomic E-state index is -0.608. The average molecular weight is 392 g/mol. The number of hydrogen-bond acceptors (Lipinski definition) is 5. The number of rotatable bonds is 4. The Kier molecular flexibility index (Phi) is 4.46. The molecule has 144 valence electrons. The second-order valence-electron chi connectivity index (χ2n) is 7.67. The zero-order valence-electron chi connectivity index (χ0n) is 14.9. The summed E-state index contributed by atoms with van der Waals surface area (Å²) in [5, 5.41) is 5.21. The Morgan fingerprint density at radius 2 is 2.07 bits per heavy atom. The SMILES string of the molecule is N[C@H]1C[C@@H](N2Cc3cnn(SC4CC4)c3C2)COC1c1cc(F)ccc1F. The first kappa shape index (κ1) is 17.6. The number of nitrogens with zero attached hydrogens (tertiary/aromatic N) is 3. The van der Waals surface area contributed by atoms with Gasteiger partial charge in [-0.2, -0.15) is 5.10 Å². The molecule has 0 spiro atoms. The topological polar surface area (TPSA) is 56.3 Å². The number of hydrogen-bond donors (Lipinski definition) is 1. The summed E-state index contributed by atoms with van der Waals surface area (Å²) in [5.74, 6) is -0.946. The first-order valence-corrected chi connectivity index (χ1v) is 10.2. The van der Waals surface area contributed by atoms with Gasteiger partial charge in [-0.25, -0.2) is 12.9 Å². The molecule has 3 aliphatic rings. The maximum atomic E-state index is 14.1. The molecule has 1 saturated carbocycles. The molecule has 1 aromatic heterocycles. The van der Waals surface area contributed by atoms with Crippen molar-refractivity contribution in [3.8, 4) is 0 Å². The van der Waals surface area contributed by atoms with Gasteiger partial charge in [0.15, 0.2) is 0 Å². The minimum Gasteiger partial charge on any atom is -0.370 e. The van der Waals surface area contributed by atoms with Crippen LogP contribution in [-0.2, 0) is 17.8 Å². The van der Waals surface area contributed by atoms with E-state index in [1.807, 2.05) is 18.1 Å². The molecule has 1 aliphatic carbocycles. The van der Waals surface area contributed by atoms with Gasteiger partial charge < -0.3 is 10.5 Å². The Bertz CT molecular complexity index is 856. The van der Waals surface area contributed by atoms with Crippen LogP contribution >= 0.6 is 11.9 Å². The number of benzene rings is 1. The Hall–Kier alpha value is -1.48. The third-order valence-corrected chi connectivity index (χ3v) is 6.89. The van der Waals surface area contributed by atoms with Gasteiger partial charge in [0.05, 0.1) is 18.5 Å². The highest BCUT2D eigenvalue weighted by Gasteiger charge is 2.38. The molecule has 27 heavy (non-hydrogen) atoms. The molecule has 5 nitrogen and oxygen atoms in total. The third-order valence-electron chi connectivity index (χ3n) is 5.60. The van der Waals surface area contributed by atoms with Gasteiger partial charge in [-0.15, -0.1) is 0 Å². The fraction of sp³-hybridized carbons (Fsp3) is 0.526. The number of halogens is 2. The molecule has 2 N–H and O–H groups in total. The molecule has 2 aliphatic heterocycles.